The first kappa shape index (κ1) is 18.8. The van der Waals surface area contributed by atoms with Crippen LogP contribution in [0.15, 0.2) is 54.9 Å². The zero-order valence-electron chi connectivity index (χ0n) is 16.9. The van der Waals surface area contributed by atoms with Crippen molar-refractivity contribution in [2.75, 3.05) is 32.8 Å². The summed E-state index contributed by atoms with van der Waals surface area (Å²) in [4.78, 5) is 22.4. The van der Waals surface area contributed by atoms with Crippen LogP contribution in [-0.4, -0.2) is 59.6 Å². The second-order valence-electron chi connectivity index (χ2n) is 8.72. The van der Waals surface area contributed by atoms with E-state index in [2.05, 4.69) is 33.0 Å². The number of hydrogen-bond acceptors (Lipinski definition) is 4. The number of ether oxygens (including phenoxy) is 1. The lowest BCUT2D eigenvalue weighted by atomic mass is 9.88. The third-order valence-electron chi connectivity index (χ3n) is 6.90. The summed E-state index contributed by atoms with van der Waals surface area (Å²) < 4.78 is 5.95. The fraction of sp³-hybridized carbons (Fsp3) is 0.500. The molecule has 0 unspecified atom stereocenters. The quantitative estimate of drug-likeness (QED) is 0.804. The summed E-state index contributed by atoms with van der Waals surface area (Å²) in [5.41, 5.74) is 2.16. The molecule has 1 amide bonds. The summed E-state index contributed by atoms with van der Waals surface area (Å²) in [6.07, 6.45) is 6.75. The van der Waals surface area contributed by atoms with Crippen molar-refractivity contribution in [2.24, 2.45) is 5.92 Å². The molecule has 0 N–H and O–H groups in total. The van der Waals surface area contributed by atoms with Crippen LogP contribution in [0.1, 0.15) is 30.4 Å². The summed E-state index contributed by atoms with van der Waals surface area (Å²) in [6, 6.07) is 15.0. The van der Waals surface area contributed by atoms with E-state index < -0.39 is 0 Å². The summed E-state index contributed by atoms with van der Waals surface area (Å²) in [7, 11) is 0. The molecule has 1 aromatic carbocycles. The molecule has 0 spiro atoms. The van der Waals surface area contributed by atoms with Gasteiger partial charge >= 0.3 is 0 Å². The first-order valence-corrected chi connectivity index (χ1v) is 10.8. The largest absolute Gasteiger partial charge is 0.380 e. The molecule has 5 rings (SSSR count). The van der Waals surface area contributed by atoms with Crippen LogP contribution in [0.3, 0.4) is 0 Å². The molecule has 5 nitrogen and oxygen atoms in total. The number of carbonyl (C=O) groups is 1. The lowest BCUT2D eigenvalue weighted by Crippen LogP contribution is -2.54. The van der Waals surface area contributed by atoms with Crippen molar-refractivity contribution in [1.29, 1.82) is 0 Å². The van der Waals surface area contributed by atoms with Gasteiger partial charge in [0, 0.05) is 50.5 Å². The molecule has 2 atom stereocenters. The topological polar surface area (TPSA) is 45.7 Å². The molecule has 5 heteroatoms. The van der Waals surface area contributed by atoms with Crippen LogP contribution in [0.25, 0.3) is 0 Å². The van der Waals surface area contributed by atoms with Crippen molar-refractivity contribution in [2.45, 2.75) is 37.3 Å². The monoisotopic (exact) mass is 391 g/mol. The molecule has 29 heavy (non-hydrogen) atoms. The zero-order valence-corrected chi connectivity index (χ0v) is 16.9. The minimum Gasteiger partial charge on any atom is -0.380 e. The molecule has 2 aromatic rings. The molecule has 1 aliphatic carbocycles. The maximum Gasteiger partial charge on any atom is 0.233 e. The van der Waals surface area contributed by atoms with E-state index >= 15 is 0 Å². The normalized spacial score (nSPS) is 26.4. The average Bonchev–Trinajstić information content (AvgIpc) is 3.60. The highest BCUT2D eigenvalue weighted by atomic mass is 16.5. The van der Waals surface area contributed by atoms with E-state index in [1.165, 1.54) is 11.1 Å². The number of amides is 1. The minimum atomic E-state index is -0.269. The SMILES string of the molecule is O=C(N1CC[C@@H]2[C@@H](COCCN2Cc2cccnc2)C1)C1(c2ccccc2)CC1. The van der Waals surface area contributed by atoms with E-state index in [9.17, 15) is 4.79 Å². The van der Waals surface area contributed by atoms with Gasteiger partial charge < -0.3 is 9.64 Å². The van der Waals surface area contributed by atoms with Gasteiger partial charge in [0.05, 0.1) is 18.6 Å². The Labute approximate surface area is 172 Å². The number of hydrogen-bond donors (Lipinski definition) is 0. The predicted octanol–water partition coefficient (Wildman–Crippen LogP) is 2.86. The van der Waals surface area contributed by atoms with Crippen LogP contribution in [0.5, 0.6) is 0 Å². The van der Waals surface area contributed by atoms with Crippen molar-refractivity contribution >= 4 is 5.91 Å². The van der Waals surface area contributed by atoms with Crippen molar-refractivity contribution in [3.63, 3.8) is 0 Å². The molecule has 1 aromatic heterocycles. The lowest BCUT2D eigenvalue weighted by Gasteiger charge is -2.43. The summed E-state index contributed by atoms with van der Waals surface area (Å²) >= 11 is 0. The van der Waals surface area contributed by atoms with E-state index in [4.69, 9.17) is 4.74 Å². The van der Waals surface area contributed by atoms with E-state index in [-0.39, 0.29) is 5.41 Å². The van der Waals surface area contributed by atoms with Crippen LogP contribution >= 0.6 is 0 Å². The maximum atomic E-state index is 13.5. The van der Waals surface area contributed by atoms with Gasteiger partial charge in [-0.15, -0.1) is 0 Å². The Kier molecular flexibility index (Phi) is 5.10. The molecule has 3 fully saturated rings. The number of aromatic nitrogens is 1. The van der Waals surface area contributed by atoms with Gasteiger partial charge in [-0.1, -0.05) is 36.4 Å². The number of benzene rings is 1. The number of piperidine rings is 1. The Morgan fingerprint density at radius 2 is 2.00 bits per heavy atom. The van der Waals surface area contributed by atoms with Crippen LogP contribution in [0.4, 0.5) is 0 Å². The highest BCUT2D eigenvalue weighted by Gasteiger charge is 2.53. The standard InChI is InChI=1S/C24H29N3O2/c28-23(24(9-10-24)21-6-2-1-3-7-21)27-12-8-22-20(17-27)18-29-14-13-26(22)16-19-5-4-11-25-15-19/h1-7,11,15,20,22H,8-10,12-14,16-18H2/t20-,22-/m1/s1. The second-order valence-corrected chi connectivity index (χ2v) is 8.72. The van der Waals surface area contributed by atoms with Gasteiger partial charge in [-0.25, -0.2) is 0 Å². The number of likely N-dealkylation sites (tertiary alicyclic amines) is 1. The van der Waals surface area contributed by atoms with Crippen LogP contribution < -0.4 is 0 Å². The Morgan fingerprint density at radius 3 is 2.76 bits per heavy atom. The van der Waals surface area contributed by atoms with Crippen LogP contribution in [0.2, 0.25) is 0 Å². The smallest absolute Gasteiger partial charge is 0.233 e. The van der Waals surface area contributed by atoms with Crippen molar-refractivity contribution in [3.05, 3.63) is 66.0 Å². The van der Waals surface area contributed by atoms with Gasteiger partial charge in [-0.3, -0.25) is 14.7 Å². The van der Waals surface area contributed by atoms with Gasteiger partial charge in [0.15, 0.2) is 0 Å². The molecule has 0 bridgehead atoms. The third-order valence-corrected chi connectivity index (χ3v) is 6.90. The molecule has 3 aliphatic rings. The number of carbonyl (C=O) groups excluding carboxylic acids is 1. The molecular weight excluding hydrogens is 362 g/mol. The zero-order chi connectivity index (χ0) is 19.7. The number of fused-ring (bicyclic) bond motifs is 1. The fourth-order valence-corrected chi connectivity index (χ4v) is 5.16. The molecule has 0 radical (unpaired) electrons. The highest BCUT2D eigenvalue weighted by molar-refractivity contribution is 5.91. The van der Waals surface area contributed by atoms with E-state index in [1.807, 2.05) is 36.7 Å². The van der Waals surface area contributed by atoms with Gasteiger partial charge in [-0.2, -0.15) is 0 Å². The Hall–Kier alpha value is -2.24. The molecular formula is C24H29N3O2. The Balaban J connectivity index is 1.30. The average molecular weight is 392 g/mol. The van der Waals surface area contributed by atoms with Crippen molar-refractivity contribution in [1.82, 2.24) is 14.8 Å². The summed E-state index contributed by atoms with van der Waals surface area (Å²) in [5.74, 6) is 0.698. The molecule has 1 saturated carbocycles. The Bertz CT molecular complexity index is 838. The number of nitrogens with zero attached hydrogens (tertiary/aromatic N) is 3. The second kappa shape index (κ2) is 7.88. The molecule has 3 heterocycles. The number of rotatable bonds is 4. The summed E-state index contributed by atoms with van der Waals surface area (Å²) in [6.45, 7) is 5.00. The number of pyridine rings is 1. The van der Waals surface area contributed by atoms with Crippen molar-refractivity contribution in [3.8, 4) is 0 Å². The first-order valence-electron chi connectivity index (χ1n) is 10.8. The van der Waals surface area contributed by atoms with E-state index in [0.717, 1.165) is 58.7 Å². The van der Waals surface area contributed by atoms with Gasteiger partial charge in [0.2, 0.25) is 5.91 Å². The third kappa shape index (κ3) is 3.69. The first-order chi connectivity index (χ1) is 14.3. The minimum absolute atomic E-state index is 0.269. The predicted molar refractivity (Wildman–Crippen MR) is 111 cm³/mol. The molecule has 2 aliphatic heterocycles. The van der Waals surface area contributed by atoms with Crippen LogP contribution in [-0.2, 0) is 21.5 Å². The Morgan fingerprint density at radius 1 is 1.14 bits per heavy atom. The van der Waals surface area contributed by atoms with Crippen LogP contribution in [0, 0.1) is 5.92 Å². The van der Waals surface area contributed by atoms with Gasteiger partial charge in [0.1, 0.15) is 0 Å². The maximum absolute atomic E-state index is 13.5. The molecule has 152 valence electrons. The van der Waals surface area contributed by atoms with E-state index in [1.54, 1.807) is 0 Å². The van der Waals surface area contributed by atoms with Gasteiger partial charge in [-0.05, 0) is 36.5 Å². The van der Waals surface area contributed by atoms with Crippen molar-refractivity contribution < 1.29 is 9.53 Å². The summed E-state index contributed by atoms with van der Waals surface area (Å²) in [5, 5.41) is 0. The van der Waals surface area contributed by atoms with Gasteiger partial charge in [0.25, 0.3) is 0 Å². The fourth-order valence-electron chi connectivity index (χ4n) is 5.16. The highest BCUT2D eigenvalue weighted by Crippen LogP contribution is 2.50. The lowest BCUT2D eigenvalue weighted by molar-refractivity contribution is -0.137. The van der Waals surface area contributed by atoms with E-state index in [0.29, 0.717) is 17.9 Å². The molecule has 2 saturated heterocycles.